The summed E-state index contributed by atoms with van der Waals surface area (Å²) in [5.41, 5.74) is 2.74. The summed E-state index contributed by atoms with van der Waals surface area (Å²) in [5, 5.41) is 22.3. The van der Waals surface area contributed by atoms with Gasteiger partial charge in [-0.2, -0.15) is 0 Å². The van der Waals surface area contributed by atoms with E-state index in [0.29, 0.717) is 62.6 Å². The van der Waals surface area contributed by atoms with Crippen LogP contribution in [0.4, 0.5) is 15.3 Å². The summed E-state index contributed by atoms with van der Waals surface area (Å²) in [6.45, 7) is 7.37. The number of amides is 4. The molecular weight excluding hydrogens is 680 g/mol. The first kappa shape index (κ1) is 34.5. The number of ether oxygens (including phenoxy) is 1. The number of urea groups is 1. The Morgan fingerprint density at radius 2 is 1.58 bits per heavy atom. The van der Waals surface area contributed by atoms with Gasteiger partial charge in [0, 0.05) is 89.6 Å². The second-order valence-corrected chi connectivity index (χ2v) is 14.1. The van der Waals surface area contributed by atoms with E-state index in [9.17, 15) is 24.6 Å². The van der Waals surface area contributed by atoms with Gasteiger partial charge in [0.2, 0.25) is 0 Å². The Labute approximate surface area is 290 Å². The fourth-order valence-corrected chi connectivity index (χ4v) is 7.94. The molecule has 2 aromatic rings. The summed E-state index contributed by atoms with van der Waals surface area (Å²) in [4.78, 5) is 50.7. The summed E-state index contributed by atoms with van der Waals surface area (Å²) in [6, 6.07) is 13.2. The number of halogens is 1. The number of fused-ring (bicyclic) bond motifs is 1. The molecular formula is C35H47BrN6O6. The van der Waals surface area contributed by atoms with E-state index in [0.717, 1.165) is 62.3 Å². The van der Waals surface area contributed by atoms with Crippen LogP contribution in [0.3, 0.4) is 0 Å². The lowest BCUT2D eigenvalue weighted by atomic mass is 10.0. The SMILES string of the molecule is O=C(OC(Cc1ccc(O)c(Br)c1)C(=O)N1CCC(N2CCN(CCO)CC2)CC1)N1CCC(N2CCc3ccccc3NC2=O)CC1. The highest BCUT2D eigenvalue weighted by Crippen LogP contribution is 2.28. The van der Waals surface area contributed by atoms with Gasteiger partial charge in [-0.15, -0.1) is 0 Å². The van der Waals surface area contributed by atoms with Crippen LogP contribution >= 0.6 is 15.9 Å². The summed E-state index contributed by atoms with van der Waals surface area (Å²) in [5.74, 6) is -0.0998. The molecule has 4 aliphatic rings. The monoisotopic (exact) mass is 726 g/mol. The van der Waals surface area contributed by atoms with Crippen LogP contribution < -0.4 is 5.32 Å². The number of benzene rings is 2. The van der Waals surface area contributed by atoms with Crippen molar-refractivity contribution in [2.24, 2.45) is 0 Å². The molecule has 48 heavy (non-hydrogen) atoms. The molecule has 3 saturated heterocycles. The average molecular weight is 728 g/mol. The van der Waals surface area contributed by atoms with E-state index in [-0.39, 0.29) is 36.8 Å². The molecule has 3 fully saturated rings. The molecule has 2 aromatic carbocycles. The van der Waals surface area contributed by atoms with E-state index in [1.54, 1.807) is 23.1 Å². The number of likely N-dealkylation sites (tertiary alicyclic amines) is 2. The van der Waals surface area contributed by atoms with E-state index in [4.69, 9.17) is 4.74 Å². The minimum absolute atomic E-state index is 0.00842. The summed E-state index contributed by atoms with van der Waals surface area (Å²) < 4.78 is 6.52. The third-order valence-corrected chi connectivity index (χ3v) is 11.0. The van der Waals surface area contributed by atoms with Gasteiger partial charge in [-0.3, -0.25) is 14.6 Å². The normalized spacial score (nSPS) is 21.0. The average Bonchev–Trinajstić information content (AvgIpc) is 3.28. The van der Waals surface area contributed by atoms with Crippen LogP contribution in [0, 0.1) is 0 Å². The zero-order chi connectivity index (χ0) is 33.6. The number of phenols is 1. The second kappa shape index (κ2) is 15.9. The zero-order valence-corrected chi connectivity index (χ0v) is 29.0. The predicted molar refractivity (Wildman–Crippen MR) is 185 cm³/mol. The van der Waals surface area contributed by atoms with Gasteiger partial charge in [0.1, 0.15) is 5.75 Å². The van der Waals surface area contributed by atoms with Crippen molar-refractivity contribution in [1.82, 2.24) is 24.5 Å². The Morgan fingerprint density at radius 1 is 0.896 bits per heavy atom. The fourth-order valence-electron chi connectivity index (χ4n) is 7.51. The van der Waals surface area contributed by atoms with Gasteiger partial charge in [-0.1, -0.05) is 24.3 Å². The third kappa shape index (κ3) is 8.24. The van der Waals surface area contributed by atoms with Crippen LogP contribution in [-0.2, 0) is 22.4 Å². The predicted octanol–water partition coefficient (Wildman–Crippen LogP) is 3.36. The van der Waals surface area contributed by atoms with Crippen LogP contribution in [0.1, 0.15) is 36.8 Å². The molecule has 6 rings (SSSR count). The number of aliphatic hydroxyl groups is 1. The van der Waals surface area contributed by atoms with Crippen LogP contribution in [0.15, 0.2) is 46.9 Å². The molecule has 1 unspecified atom stereocenters. The molecule has 1 atom stereocenters. The number of phenolic OH excluding ortho intramolecular Hbond substituents is 1. The number of nitrogens with zero attached hydrogens (tertiary/aromatic N) is 5. The number of aromatic hydroxyl groups is 1. The van der Waals surface area contributed by atoms with Crippen molar-refractivity contribution in [2.45, 2.75) is 56.7 Å². The molecule has 3 N–H and O–H groups in total. The lowest BCUT2D eigenvalue weighted by Gasteiger charge is -2.43. The highest BCUT2D eigenvalue weighted by atomic mass is 79.9. The van der Waals surface area contributed by atoms with Crippen molar-refractivity contribution in [3.63, 3.8) is 0 Å². The Morgan fingerprint density at radius 3 is 2.29 bits per heavy atom. The molecule has 4 heterocycles. The number of carbonyl (C=O) groups is 3. The Hall–Kier alpha value is -3.39. The Kier molecular flexibility index (Phi) is 11.4. The second-order valence-electron chi connectivity index (χ2n) is 13.3. The maximum absolute atomic E-state index is 14.0. The van der Waals surface area contributed by atoms with Crippen molar-refractivity contribution in [1.29, 1.82) is 0 Å². The Balaban J connectivity index is 1.05. The summed E-state index contributed by atoms with van der Waals surface area (Å²) in [6.07, 6.45) is 2.43. The first-order valence-corrected chi connectivity index (χ1v) is 18.0. The van der Waals surface area contributed by atoms with Gasteiger partial charge in [0.05, 0.1) is 11.1 Å². The highest BCUT2D eigenvalue weighted by Gasteiger charge is 2.36. The number of piperazine rings is 1. The van der Waals surface area contributed by atoms with Crippen LogP contribution in [0.25, 0.3) is 0 Å². The molecule has 260 valence electrons. The van der Waals surface area contributed by atoms with Crippen molar-refractivity contribution >= 4 is 39.6 Å². The molecule has 12 nitrogen and oxygen atoms in total. The fraction of sp³-hybridized carbons (Fsp3) is 0.571. The number of aliphatic hydroxyl groups excluding tert-OH is 1. The number of hydrogen-bond donors (Lipinski definition) is 3. The van der Waals surface area contributed by atoms with Crippen LogP contribution in [0.5, 0.6) is 5.75 Å². The molecule has 0 saturated carbocycles. The number of piperidine rings is 2. The maximum Gasteiger partial charge on any atom is 0.410 e. The first-order valence-electron chi connectivity index (χ1n) is 17.2. The lowest BCUT2D eigenvalue weighted by molar-refractivity contribution is -0.142. The number of hydrogen-bond acceptors (Lipinski definition) is 8. The van der Waals surface area contributed by atoms with Gasteiger partial charge >= 0.3 is 12.1 Å². The highest BCUT2D eigenvalue weighted by molar-refractivity contribution is 9.10. The van der Waals surface area contributed by atoms with Crippen molar-refractivity contribution in [3.05, 3.63) is 58.1 Å². The van der Waals surface area contributed by atoms with Gasteiger partial charge < -0.3 is 35.0 Å². The first-order chi connectivity index (χ1) is 23.3. The van der Waals surface area contributed by atoms with Crippen LogP contribution in [0.2, 0.25) is 0 Å². The molecule has 0 bridgehead atoms. The Bertz CT molecular complexity index is 1440. The molecule has 0 aromatic heterocycles. The summed E-state index contributed by atoms with van der Waals surface area (Å²) in [7, 11) is 0. The number of β-amino-alcohol motifs (C(OH)–C–C–N with tert-alkyl or cyclic N) is 1. The number of nitrogens with one attached hydrogen (secondary N) is 1. The topological polar surface area (TPSA) is 129 Å². The molecule has 13 heteroatoms. The minimum atomic E-state index is -1.000. The van der Waals surface area contributed by atoms with Gasteiger partial charge in [-0.25, -0.2) is 9.59 Å². The number of carbonyl (C=O) groups excluding carboxylic acids is 3. The molecule has 0 radical (unpaired) electrons. The van der Waals surface area contributed by atoms with Gasteiger partial charge in [0.25, 0.3) is 5.91 Å². The standard InChI is InChI=1S/C35H47BrN6O6/c36-29-23-25(5-6-31(29)44)24-32(33(45)40-12-8-27(9-13-40)39-19-17-38(18-20-39)21-22-43)48-35(47)41-14-10-28(11-15-41)42-16-7-26-3-1-2-4-30(26)37-34(42)46/h1-6,23,27-28,32,43-44H,7-22,24H2,(H,37,46). The third-order valence-electron chi connectivity index (χ3n) is 10.4. The number of para-hydroxylation sites is 1. The molecule has 0 spiro atoms. The largest absolute Gasteiger partial charge is 0.507 e. The van der Waals surface area contributed by atoms with Gasteiger partial charge in [0.15, 0.2) is 6.10 Å². The maximum atomic E-state index is 14.0. The lowest BCUT2D eigenvalue weighted by Crippen LogP contribution is -2.55. The summed E-state index contributed by atoms with van der Waals surface area (Å²) >= 11 is 3.36. The van der Waals surface area contributed by atoms with E-state index in [2.05, 4.69) is 31.0 Å². The molecule has 4 aliphatic heterocycles. The van der Waals surface area contributed by atoms with E-state index < -0.39 is 12.2 Å². The minimum Gasteiger partial charge on any atom is -0.507 e. The van der Waals surface area contributed by atoms with E-state index >= 15 is 0 Å². The number of anilines is 1. The molecule has 4 amide bonds. The quantitative estimate of drug-likeness (QED) is 0.378. The number of rotatable bonds is 8. The van der Waals surface area contributed by atoms with Crippen molar-refractivity contribution in [2.75, 3.05) is 77.4 Å². The van der Waals surface area contributed by atoms with Crippen LogP contribution in [-0.4, -0.2) is 143 Å². The zero-order valence-electron chi connectivity index (χ0n) is 27.4. The smallest absolute Gasteiger partial charge is 0.410 e. The van der Waals surface area contributed by atoms with E-state index in [1.165, 1.54) is 0 Å². The molecule has 0 aliphatic carbocycles. The van der Waals surface area contributed by atoms with E-state index in [1.807, 2.05) is 34.1 Å². The van der Waals surface area contributed by atoms with Gasteiger partial charge in [-0.05, 0) is 77.4 Å². The van der Waals surface area contributed by atoms with Crippen molar-refractivity contribution < 1.29 is 29.3 Å². The van der Waals surface area contributed by atoms with Crippen molar-refractivity contribution in [3.8, 4) is 5.75 Å².